The summed E-state index contributed by atoms with van der Waals surface area (Å²) in [7, 11) is 0. The van der Waals surface area contributed by atoms with Crippen molar-refractivity contribution in [1.29, 1.82) is 0 Å². The minimum Gasteiger partial charge on any atom is -0.462 e. The summed E-state index contributed by atoms with van der Waals surface area (Å²) >= 11 is 0. The Bertz CT molecular complexity index is 1270. The van der Waals surface area contributed by atoms with Gasteiger partial charge in [0.15, 0.2) is 5.82 Å². The third-order valence-corrected chi connectivity index (χ3v) is 5.48. The first-order chi connectivity index (χ1) is 15.7. The summed E-state index contributed by atoms with van der Waals surface area (Å²) in [6.45, 7) is 6.09. The summed E-state index contributed by atoms with van der Waals surface area (Å²) in [5.41, 5.74) is -1.82. The number of hydrogen-bond donors (Lipinski definition) is 1. The average molecular weight is 460 g/mol. The van der Waals surface area contributed by atoms with E-state index < -0.39 is 34.4 Å². The molecule has 3 aromatic rings. The molecule has 10 heteroatoms. The number of fused-ring (bicyclic) bond motifs is 1. The number of rotatable bonds is 4. The maximum absolute atomic E-state index is 16.0. The lowest BCUT2D eigenvalue weighted by Crippen LogP contribution is -2.54. The van der Waals surface area contributed by atoms with E-state index in [4.69, 9.17) is 4.74 Å². The summed E-state index contributed by atoms with van der Waals surface area (Å²) in [6.07, 6.45) is 2.02. The number of pyridine rings is 2. The number of esters is 1. The van der Waals surface area contributed by atoms with Gasteiger partial charge in [0.2, 0.25) is 5.43 Å². The smallest absolute Gasteiger partial charge is 0.343 e. The number of nitrogens with one attached hydrogen (secondary N) is 1. The van der Waals surface area contributed by atoms with E-state index in [1.165, 1.54) is 6.07 Å². The Morgan fingerprint density at radius 2 is 1.91 bits per heavy atom. The van der Waals surface area contributed by atoms with Crippen LogP contribution in [-0.4, -0.2) is 47.3 Å². The zero-order valence-electron chi connectivity index (χ0n) is 18.4. The van der Waals surface area contributed by atoms with Gasteiger partial charge in [0.25, 0.3) is 0 Å². The van der Waals surface area contributed by atoms with Crippen LogP contribution in [0.3, 0.4) is 0 Å². The molecule has 1 aliphatic heterocycles. The van der Waals surface area contributed by atoms with Gasteiger partial charge in [0.1, 0.15) is 28.7 Å². The van der Waals surface area contributed by atoms with Crippen LogP contribution >= 0.6 is 0 Å². The second-order valence-electron chi connectivity index (χ2n) is 8.09. The molecule has 1 saturated heterocycles. The number of piperazine rings is 1. The molecule has 33 heavy (non-hydrogen) atoms. The highest BCUT2D eigenvalue weighted by molar-refractivity contribution is 5.95. The molecule has 1 aliphatic rings. The van der Waals surface area contributed by atoms with Gasteiger partial charge in [-0.1, -0.05) is 0 Å². The van der Waals surface area contributed by atoms with Gasteiger partial charge in [-0.2, -0.15) is 0 Å². The van der Waals surface area contributed by atoms with E-state index in [9.17, 15) is 14.0 Å². The van der Waals surface area contributed by atoms with Gasteiger partial charge in [-0.15, -0.1) is 0 Å². The highest BCUT2D eigenvalue weighted by Gasteiger charge is 2.29. The van der Waals surface area contributed by atoms with Gasteiger partial charge in [0.05, 0.1) is 23.7 Å². The van der Waals surface area contributed by atoms with Gasteiger partial charge in [0, 0.05) is 31.4 Å². The largest absolute Gasteiger partial charge is 0.462 e. The molecule has 1 aromatic carbocycles. The number of halogens is 3. The molecular formula is C23H23F3N4O3. The molecular weight excluding hydrogens is 437 g/mol. The van der Waals surface area contributed by atoms with Crippen LogP contribution in [-0.2, 0) is 4.74 Å². The monoisotopic (exact) mass is 460 g/mol. The predicted molar refractivity (Wildman–Crippen MR) is 117 cm³/mol. The second kappa shape index (κ2) is 8.86. The summed E-state index contributed by atoms with van der Waals surface area (Å²) in [4.78, 5) is 31.0. The molecule has 1 fully saturated rings. The van der Waals surface area contributed by atoms with Crippen LogP contribution in [0, 0.1) is 17.5 Å². The van der Waals surface area contributed by atoms with E-state index in [-0.39, 0.29) is 41.1 Å². The Morgan fingerprint density at radius 1 is 1.21 bits per heavy atom. The summed E-state index contributed by atoms with van der Waals surface area (Å²) in [5.74, 6) is -3.39. The van der Waals surface area contributed by atoms with Crippen LogP contribution in [0.5, 0.6) is 0 Å². The molecule has 3 heterocycles. The fourth-order valence-electron chi connectivity index (χ4n) is 4.25. The third kappa shape index (κ3) is 4.18. The second-order valence-corrected chi connectivity index (χ2v) is 8.09. The number of aromatic nitrogens is 2. The third-order valence-electron chi connectivity index (χ3n) is 5.48. The lowest BCUT2D eigenvalue weighted by atomic mass is 10.1. The van der Waals surface area contributed by atoms with Crippen LogP contribution in [0.4, 0.5) is 18.9 Å². The topological polar surface area (TPSA) is 76.5 Å². The van der Waals surface area contributed by atoms with E-state index in [1.54, 1.807) is 11.8 Å². The maximum atomic E-state index is 16.0. The summed E-state index contributed by atoms with van der Waals surface area (Å²) < 4.78 is 50.8. The van der Waals surface area contributed by atoms with Crippen molar-refractivity contribution in [2.75, 3.05) is 24.6 Å². The zero-order valence-corrected chi connectivity index (χ0v) is 18.4. The number of nitrogens with zero attached hydrogens (tertiary/aromatic N) is 3. The first-order valence-corrected chi connectivity index (χ1v) is 10.6. The minimum atomic E-state index is -0.968. The molecule has 0 aliphatic carbocycles. The van der Waals surface area contributed by atoms with Gasteiger partial charge in [-0.25, -0.2) is 22.9 Å². The van der Waals surface area contributed by atoms with Crippen molar-refractivity contribution in [3.8, 4) is 5.82 Å². The molecule has 0 bridgehead atoms. The Kier molecular flexibility index (Phi) is 6.11. The van der Waals surface area contributed by atoms with Crippen molar-refractivity contribution in [1.82, 2.24) is 14.9 Å². The van der Waals surface area contributed by atoms with Crippen molar-refractivity contribution in [3.63, 3.8) is 0 Å². The molecule has 0 radical (unpaired) electrons. The molecule has 2 unspecified atom stereocenters. The predicted octanol–water partition coefficient (Wildman–Crippen LogP) is 3.17. The van der Waals surface area contributed by atoms with E-state index in [0.717, 1.165) is 29.1 Å². The van der Waals surface area contributed by atoms with Crippen molar-refractivity contribution >= 4 is 22.6 Å². The molecule has 2 atom stereocenters. The molecule has 4 rings (SSSR count). The van der Waals surface area contributed by atoms with Gasteiger partial charge in [-0.3, -0.25) is 9.36 Å². The lowest BCUT2D eigenvalue weighted by molar-refractivity contribution is 0.0524. The number of hydrogen-bond acceptors (Lipinski definition) is 6. The van der Waals surface area contributed by atoms with Crippen molar-refractivity contribution < 1.29 is 22.7 Å². The molecule has 0 spiro atoms. The molecule has 2 aromatic heterocycles. The fraction of sp³-hybridized carbons (Fsp3) is 0.348. The van der Waals surface area contributed by atoms with Crippen LogP contribution in [0.1, 0.15) is 31.1 Å². The maximum Gasteiger partial charge on any atom is 0.343 e. The summed E-state index contributed by atoms with van der Waals surface area (Å²) in [5, 5.41) is 2.95. The van der Waals surface area contributed by atoms with Gasteiger partial charge < -0.3 is 15.0 Å². The van der Waals surface area contributed by atoms with Crippen LogP contribution in [0.15, 0.2) is 35.4 Å². The number of anilines is 1. The Balaban J connectivity index is 2.03. The SMILES string of the molecule is CCOC(=O)c1cn(-c2ccc(F)cn2)c2c(F)c(N3CC(C)NC(C)C3)c(F)cc2c1=O. The number of carbonyl (C=O) groups excluding carboxylic acids is 1. The van der Waals surface area contributed by atoms with E-state index >= 15 is 8.78 Å². The van der Waals surface area contributed by atoms with Crippen LogP contribution in [0.25, 0.3) is 16.7 Å². The number of benzene rings is 1. The van der Waals surface area contributed by atoms with Crippen molar-refractivity contribution in [2.45, 2.75) is 32.9 Å². The Hall–Kier alpha value is -3.40. The molecule has 7 nitrogen and oxygen atoms in total. The molecule has 1 N–H and O–H groups in total. The van der Waals surface area contributed by atoms with Crippen molar-refractivity contribution in [2.24, 2.45) is 0 Å². The molecule has 0 amide bonds. The average Bonchev–Trinajstić information content (AvgIpc) is 2.74. The Morgan fingerprint density at radius 3 is 2.52 bits per heavy atom. The fourth-order valence-corrected chi connectivity index (χ4v) is 4.25. The van der Waals surface area contributed by atoms with E-state index in [2.05, 4.69) is 10.3 Å². The normalized spacial score (nSPS) is 18.5. The standard InChI is InChI=1S/C23H23F3N4O3/c1-4-33-23(32)16-11-30(18-6-5-14(24)8-27-18)20-15(22(16)31)7-17(25)21(19(20)26)29-9-12(2)28-13(3)10-29/h5-8,11-13,28H,4,9-10H2,1-3H3. The zero-order chi connectivity index (χ0) is 23.9. The van der Waals surface area contributed by atoms with Crippen LogP contribution < -0.4 is 15.6 Å². The van der Waals surface area contributed by atoms with Crippen molar-refractivity contribution in [3.05, 3.63) is 63.8 Å². The van der Waals surface area contributed by atoms with E-state index in [1.807, 2.05) is 13.8 Å². The van der Waals surface area contributed by atoms with E-state index in [0.29, 0.717) is 13.1 Å². The number of ether oxygens (including phenoxy) is 1. The highest BCUT2D eigenvalue weighted by Crippen LogP contribution is 2.32. The Labute approximate surface area is 187 Å². The lowest BCUT2D eigenvalue weighted by Gasteiger charge is -2.38. The van der Waals surface area contributed by atoms with Crippen LogP contribution in [0.2, 0.25) is 0 Å². The first kappa shape index (κ1) is 22.8. The summed E-state index contributed by atoms with van der Waals surface area (Å²) in [6, 6.07) is 3.27. The highest BCUT2D eigenvalue weighted by atomic mass is 19.1. The molecule has 174 valence electrons. The minimum absolute atomic E-state index is 0.00608. The first-order valence-electron chi connectivity index (χ1n) is 10.6. The quantitative estimate of drug-likeness (QED) is 0.603. The van der Waals surface area contributed by atoms with Gasteiger partial charge >= 0.3 is 5.97 Å². The van der Waals surface area contributed by atoms with Gasteiger partial charge in [-0.05, 0) is 39.0 Å². The molecule has 0 saturated carbocycles. The number of carbonyl (C=O) groups is 1.